The molecule has 0 aromatic rings. The smallest absolute Gasteiger partial charge is 0.323 e. The molecule has 108 valence electrons. The molecular formula is C13H24N4O2. The van der Waals surface area contributed by atoms with Crippen LogP contribution in [0.15, 0.2) is 0 Å². The van der Waals surface area contributed by atoms with E-state index in [-0.39, 0.29) is 5.91 Å². The maximum absolute atomic E-state index is 12.1. The van der Waals surface area contributed by atoms with Gasteiger partial charge in [-0.2, -0.15) is 0 Å². The predicted molar refractivity (Wildman–Crippen MR) is 72.3 cm³/mol. The number of nitrogens with one attached hydrogen (secondary N) is 1. The highest BCUT2D eigenvalue weighted by molar-refractivity contribution is 6.34. The molecule has 0 aromatic carbocycles. The summed E-state index contributed by atoms with van der Waals surface area (Å²) in [7, 11) is 2.06. The number of amides is 2. The number of hydrogen-bond acceptors (Lipinski definition) is 4. The first-order valence-electron chi connectivity index (χ1n) is 7.20. The first-order chi connectivity index (χ1) is 9.16. The van der Waals surface area contributed by atoms with Crippen molar-refractivity contribution < 1.29 is 9.59 Å². The average Bonchev–Trinajstić information content (AvgIpc) is 2.69. The van der Waals surface area contributed by atoms with Crippen LogP contribution in [-0.4, -0.2) is 72.9 Å². The van der Waals surface area contributed by atoms with E-state index in [0.29, 0.717) is 0 Å². The first kappa shape index (κ1) is 14.3. The number of hydrogen-bond donors (Lipinski definition) is 1. The molecule has 2 aliphatic heterocycles. The second-order valence-corrected chi connectivity index (χ2v) is 5.44. The topological polar surface area (TPSA) is 55.9 Å². The van der Waals surface area contributed by atoms with E-state index in [2.05, 4.69) is 17.4 Å². The SMILES string of the molecule is CN1CCN(NC(=O)C(=O)N2CCCCCC2)CC1. The van der Waals surface area contributed by atoms with Crippen molar-refractivity contribution in [3.63, 3.8) is 0 Å². The van der Waals surface area contributed by atoms with Crippen LogP contribution >= 0.6 is 0 Å². The fraction of sp³-hybridized carbons (Fsp3) is 0.846. The Bertz CT molecular complexity index is 319. The Labute approximate surface area is 114 Å². The molecule has 0 spiro atoms. The van der Waals surface area contributed by atoms with Gasteiger partial charge >= 0.3 is 11.8 Å². The summed E-state index contributed by atoms with van der Waals surface area (Å²) < 4.78 is 0. The maximum Gasteiger partial charge on any atom is 0.323 e. The average molecular weight is 268 g/mol. The van der Waals surface area contributed by atoms with Crippen molar-refractivity contribution in [1.29, 1.82) is 0 Å². The van der Waals surface area contributed by atoms with Crippen LogP contribution in [0.3, 0.4) is 0 Å². The Balaban J connectivity index is 1.79. The molecule has 0 radical (unpaired) electrons. The van der Waals surface area contributed by atoms with Crippen LogP contribution in [0.1, 0.15) is 25.7 Å². The Morgan fingerprint density at radius 2 is 1.42 bits per heavy atom. The Morgan fingerprint density at radius 1 is 0.842 bits per heavy atom. The van der Waals surface area contributed by atoms with Crippen LogP contribution in [0.2, 0.25) is 0 Å². The largest absolute Gasteiger partial charge is 0.334 e. The van der Waals surface area contributed by atoms with Crippen LogP contribution in [0.5, 0.6) is 0 Å². The number of nitrogens with zero attached hydrogens (tertiary/aromatic N) is 3. The molecule has 2 amide bonds. The molecule has 0 bridgehead atoms. The summed E-state index contributed by atoms with van der Waals surface area (Å²) >= 11 is 0. The van der Waals surface area contributed by atoms with Crippen molar-refractivity contribution >= 4 is 11.8 Å². The molecule has 2 fully saturated rings. The van der Waals surface area contributed by atoms with Gasteiger partial charge in [0.1, 0.15) is 0 Å². The third-order valence-corrected chi connectivity index (χ3v) is 3.85. The van der Waals surface area contributed by atoms with Gasteiger partial charge in [-0.1, -0.05) is 12.8 Å². The third-order valence-electron chi connectivity index (χ3n) is 3.85. The van der Waals surface area contributed by atoms with Crippen LogP contribution in [-0.2, 0) is 9.59 Å². The lowest BCUT2D eigenvalue weighted by atomic mass is 10.2. The summed E-state index contributed by atoms with van der Waals surface area (Å²) in [5, 5.41) is 1.85. The highest BCUT2D eigenvalue weighted by Crippen LogP contribution is 2.09. The van der Waals surface area contributed by atoms with Crippen molar-refractivity contribution in [2.75, 3.05) is 46.3 Å². The molecule has 1 N–H and O–H groups in total. The summed E-state index contributed by atoms with van der Waals surface area (Å²) in [6.45, 7) is 4.81. The summed E-state index contributed by atoms with van der Waals surface area (Å²) in [5.41, 5.74) is 2.73. The van der Waals surface area contributed by atoms with E-state index in [4.69, 9.17) is 0 Å². The molecule has 0 atom stereocenters. The number of hydrazine groups is 1. The quantitative estimate of drug-likeness (QED) is 0.662. The normalized spacial score (nSPS) is 22.9. The minimum Gasteiger partial charge on any atom is -0.334 e. The van der Waals surface area contributed by atoms with Crippen molar-refractivity contribution in [2.24, 2.45) is 0 Å². The van der Waals surface area contributed by atoms with Crippen LogP contribution in [0.25, 0.3) is 0 Å². The highest BCUT2D eigenvalue weighted by Gasteiger charge is 2.25. The fourth-order valence-electron chi connectivity index (χ4n) is 2.53. The van der Waals surface area contributed by atoms with Gasteiger partial charge in [-0.3, -0.25) is 15.0 Å². The molecule has 0 unspecified atom stereocenters. The Hall–Kier alpha value is -1.14. The van der Waals surface area contributed by atoms with Crippen LogP contribution in [0, 0.1) is 0 Å². The molecule has 2 aliphatic rings. The van der Waals surface area contributed by atoms with Gasteiger partial charge in [0.25, 0.3) is 0 Å². The second kappa shape index (κ2) is 6.86. The predicted octanol–water partition coefficient (Wildman–Crippen LogP) is -0.332. The third kappa shape index (κ3) is 4.18. The van der Waals surface area contributed by atoms with Crippen molar-refractivity contribution in [2.45, 2.75) is 25.7 Å². The van der Waals surface area contributed by atoms with Gasteiger partial charge in [0.2, 0.25) is 0 Å². The molecule has 2 saturated heterocycles. The molecule has 0 saturated carbocycles. The van der Waals surface area contributed by atoms with E-state index in [1.165, 1.54) is 0 Å². The van der Waals surface area contributed by atoms with E-state index in [1.807, 2.05) is 5.01 Å². The Kier molecular flexibility index (Phi) is 5.15. The summed E-state index contributed by atoms with van der Waals surface area (Å²) in [6, 6.07) is 0. The summed E-state index contributed by atoms with van der Waals surface area (Å²) in [6.07, 6.45) is 4.33. The monoisotopic (exact) mass is 268 g/mol. The standard InChI is InChI=1S/C13H24N4O2/c1-15-8-10-17(11-9-15)14-12(18)13(19)16-6-4-2-3-5-7-16/h2-11H2,1H3,(H,14,18). The van der Waals surface area contributed by atoms with Gasteiger partial charge in [0, 0.05) is 39.3 Å². The summed E-state index contributed by atoms with van der Waals surface area (Å²) in [5.74, 6) is -0.854. The van der Waals surface area contributed by atoms with E-state index < -0.39 is 5.91 Å². The molecule has 0 aliphatic carbocycles. The van der Waals surface area contributed by atoms with E-state index in [0.717, 1.165) is 65.0 Å². The zero-order valence-corrected chi connectivity index (χ0v) is 11.7. The van der Waals surface area contributed by atoms with Crippen LogP contribution < -0.4 is 5.43 Å². The van der Waals surface area contributed by atoms with E-state index in [9.17, 15) is 9.59 Å². The summed E-state index contributed by atoms with van der Waals surface area (Å²) in [4.78, 5) is 27.9. The molecule has 2 rings (SSSR count). The lowest BCUT2D eigenvalue weighted by Gasteiger charge is -2.32. The molecular weight excluding hydrogens is 244 g/mol. The lowest BCUT2D eigenvalue weighted by molar-refractivity contribution is -0.148. The first-order valence-corrected chi connectivity index (χ1v) is 7.20. The van der Waals surface area contributed by atoms with Gasteiger partial charge in [0.15, 0.2) is 0 Å². The zero-order valence-electron chi connectivity index (χ0n) is 11.7. The number of carbonyl (C=O) groups is 2. The number of carbonyl (C=O) groups excluding carboxylic acids is 2. The minimum absolute atomic E-state index is 0.374. The van der Waals surface area contributed by atoms with Gasteiger partial charge in [-0.05, 0) is 19.9 Å². The van der Waals surface area contributed by atoms with Crippen molar-refractivity contribution in [3.05, 3.63) is 0 Å². The number of likely N-dealkylation sites (N-methyl/N-ethyl adjacent to an activating group) is 1. The molecule has 0 aromatic heterocycles. The second-order valence-electron chi connectivity index (χ2n) is 5.44. The van der Waals surface area contributed by atoms with Gasteiger partial charge in [-0.25, -0.2) is 5.01 Å². The zero-order chi connectivity index (χ0) is 13.7. The molecule has 6 nitrogen and oxygen atoms in total. The number of rotatable bonds is 1. The van der Waals surface area contributed by atoms with E-state index in [1.54, 1.807) is 4.90 Å². The maximum atomic E-state index is 12.1. The van der Waals surface area contributed by atoms with Crippen molar-refractivity contribution in [3.8, 4) is 0 Å². The Morgan fingerprint density at radius 3 is 2.00 bits per heavy atom. The van der Waals surface area contributed by atoms with Crippen molar-refractivity contribution in [1.82, 2.24) is 20.2 Å². The molecule has 2 heterocycles. The highest BCUT2D eigenvalue weighted by atomic mass is 16.2. The molecule has 19 heavy (non-hydrogen) atoms. The molecule has 6 heteroatoms. The van der Waals surface area contributed by atoms with Gasteiger partial charge in [-0.15, -0.1) is 0 Å². The van der Waals surface area contributed by atoms with E-state index >= 15 is 0 Å². The van der Waals surface area contributed by atoms with Crippen LogP contribution in [0.4, 0.5) is 0 Å². The van der Waals surface area contributed by atoms with Gasteiger partial charge in [0.05, 0.1) is 0 Å². The lowest BCUT2D eigenvalue weighted by Crippen LogP contribution is -2.55. The minimum atomic E-state index is -0.480. The number of likely N-dealkylation sites (tertiary alicyclic amines) is 1. The number of piperazine rings is 1. The fourth-order valence-corrected chi connectivity index (χ4v) is 2.53. The van der Waals surface area contributed by atoms with Gasteiger partial charge < -0.3 is 9.80 Å².